The van der Waals surface area contributed by atoms with Crippen molar-refractivity contribution in [2.75, 3.05) is 13.3 Å². The molecule has 36 heavy (non-hydrogen) atoms. The maximum atomic E-state index is 14.4. The Morgan fingerprint density at radius 3 is 2.58 bits per heavy atom. The molecule has 0 radical (unpaired) electrons. The van der Waals surface area contributed by atoms with Gasteiger partial charge in [0.2, 0.25) is 6.79 Å². The summed E-state index contributed by atoms with van der Waals surface area (Å²) >= 11 is 0. The fraction of sp³-hybridized carbons (Fsp3) is 0.269. The van der Waals surface area contributed by atoms with E-state index in [0.29, 0.717) is 29.3 Å². The van der Waals surface area contributed by atoms with Crippen molar-refractivity contribution in [2.24, 2.45) is 0 Å². The number of halogens is 2. The van der Waals surface area contributed by atoms with Crippen molar-refractivity contribution in [3.8, 4) is 11.5 Å². The molecule has 1 N–H and O–H groups in total. The molecule has 0 spiro atoms. The second-order valence-corrected chi connectivity index (χ2v) is 9.05. The highest BCUT2D eigenvalue weighted by molar-refractivity contribution is 6.11. The number of amides is 3. The summed E-state index contributed by atoms with van der Waals surface area (Å²) < 4.78 is 40.9. The molecular weight excluding hydrogens is 472 g/mol. The molecule has 3 aromatic rings. The molecule has 1 aromatic heterocycles. The first-order valence-electron chi connectivity index (χ1n) is 11.3. The summed E-state index contributed by atoms with van der Waals surface area (Å²) in [6, 6.07) is 9.14. The minimum Gasteiger partial charge on any atom is -0.454 e. The van der Waals surface area contributed by atoms with Crippen LogP contribution in [0.2, 0.25) is 0 Å². The number of urea groups is 1. The van der Waals surface area contributed by atoms with Crippen LogP contribution in [0.1, 0.15) is 39.8 Å². The van der Waals surface area contributed by atoms with Crippen molar-refractivity contribution in [1.82, 2.24) is 14.8 Å². The molecule has 1 saturated heterocycles. The van der Waals surface area contributed by atoms with E-state index in [0.717, 1.165) is 34.4 Å². The second-order valence-electron chi connectivity index (χ2n) is 9.05. The Kier molecular flexibility index (Phi) is 5.54. The number of benzene rings is 2. The van der Waals surface area contributed by atoms with Crippen LogP contribution in [-0.2, 0) is 16.9 Å². The highest BCUT2D eigenvalue weighted by Gasteiger charge is 2.51. The number of fused-ring (bicyclic) bond motifs is 1. The average Bonchev–Trinajstić information content (AvgIpc) is 3.48. The van der Waals surface area contributed by atoms with Crippen molar-refractivity contribution < 1.29 is 32.6 Å². The van der Waals surface area contributed by atoms with Crippen molar-refractivity contribution >= 4 is 17.7 Å². The molecule has 1 fully saturated rings. The number of ether oxygens (including phenoxy) is 2. The highest BCUT2D eigenvalue weighted by Crippen LogP contribution is 2.34. The molecule has 1 atom stereocenters. The van der Waals surface area contributed by atoms with Crippen LogP contribution in [0.5, 0.6) is 11.5 Å². The van der Waals surface area contributed by atoms with Gasteiger partial charge in [-0.25, -0.2) is 13.6 Å². The molecule has 186 valence electrons. The lowest BCUT2D eigenvalue weighted by Gasteiger charge is -2.22. The predicted molar refractivity (Wildman–Crippen MR) is 124 cm³/mol. The van der Waals surface area contributed by atoms with Gasteiger partial charge in [-0.05, 0) is 62.7 Å². The fourth-order valence-corrected chi connectivity index (χ4v) is 4.68. The fourth-order valence-electron chi connectivity index (χ4n) is 4.68. The number of ketones is 1. The van der Waals surface area contributed by atoms with Crippen LogP contribution in [-0.4, -0.2) is 40.5 Å². The van der Waals surface area contributed by atoms with Gasteiger partial charge in [0.15, 0.2) is 17.3 Å². The van der Waals surface area contributed by atoms with E-state index in [4.69, 9.17) is 9.47 Å². The largest absolute Gasteiger partial charge is 0.454 e. The van der Waals surface area contributed by atoms with E-state index in [1.54, 1.807) is 13.0 Å². The Labute approximate surface area is 205 Å². The summed E-state index contributed by atoms with van der Waals surface area (Å²) in [5, 5.41) is 2.41. The van der Waals surface area contributed by atoms with Crippen molar-refractivity contribution in [2.45, 2.75) is 32.9 Å². The van der Waals surface area contributed by atoms with Gasteiger partial charge >= 0.3 is 6.03 Å². The van der Waals surface area contributed by atoms with E-state index in [-0.39, 0.29) is 12.4 Å². The zero-order valence-electron chi connectivity index (χ0n) is 19.9. The maximum Gasteiger partial charge on any atom is 0.325 e. The molecule has 2 aliphatic rings. The van der Waals surface area contributed by atoms with Gasteiger partial charge in [-0.2, -0.15) is 0 Å². The summed E-state index contributed by atoms with van der Waals surface area (Å²) in [5.41, 5.74) is 0.650. The first kappa shape index (κ1) is 23.5. The number of rotatable bonds is 6. The number of aryl methyl sites for hydroxylation is 1. The van der Waals surface area contributed by atoms with E-state index < -0.39 is 41.4 Å². The SMILES string of the molecule is Cc1cc(C(=O)CN2C(=O)N[C@](C)(c3cc(F)ccc3F)C2=O)c(C)n1Cc1ccc2c(c1)OCO2. The van der Waals surface area contributed by atoms with E-state index >= 15 is 0 Å². The topological polar surface area (TPSA) is 89.9 Å². The quantitative estimate of drug-likeness (QED) is 0.415. The molecule has 2 aromatic carbocycles. The third kappa shape index (κ3) is 3.78. The number of carbonyl (C=O) groups excluding carboxylic acids is 3. The van der Waals surface area contributed by atoms with Gasteiger partial charge < -0.3 is 19.4 Å². The number of nitrogens with zero attached hydrogens (tertiary/aromatic N) is 2. The van der Waals surface area contributed by atoms with Crippen LogP contribution in [0.4, 0.5) is 13.6 Å². The molecule has 3 heterocycles. The van der Waals surface area contributed by atoms with Crippen molar-refractivity contribution in [3.05, 3.63) is 82.2 Å². The van der Waals surface area contributed by atoms with E-state index in [9.17, 15) is 23.2 Å². The first-order chi connectivity index (χ1) is 17.1. The minimum atomic E-state index is -1.83. The lowest BCUT2D eigenvalue weighted by atomic mass is 9.91. The lowest BCUT2D eigenvalue weighted by molar-refractivity contribution is -0.130. The number of hydrogen-bond donors (Lipinski definition) is 1. The number of hydrogen-bond acceptors (Lipinski definition) is 5. The number of Topliss-reactive ketones (excluding diaryl/α,β-unsaturated/α-hetero) is 1. The molecule has 5 rings (SSSR count). The van der Waals surface area contributed by atoms with Gasteiger partial charge in [-0.1, -0.05) is 6.07 Å². The van der Waals surface area contributed by atoms with Gasteiger partial charge in [-0.3, -0.25) is 14.5 Å². The van der Waals surface area contributed by atoms with Crippen LogP contribution in [0.15, 0.2) is 42.5 Å². The van der Waals surface area contributed by atoms with Crippen molar-refractivity contribution in [1.29, 1.82) is 0 Å². The zero-order valence-corrected chi connectivity index (χ0v) is 19.9. The van der Waals surface area contributed by atoms with E-state index in [2.05, 4.69) is 5.32 Å². The van der Waals surface area contributed by atoms with E-state index in [1.165, 1.54) is 6.92 Å². The maximum absolute atomic E-state index is 14.4. The second kappa shape index (κ2) is 8.47. The summed E-state index contributed by atoms with van der Waals surface area (Å²) in [4.78, 5) is 39.7. The number of imide groups is 1. The molecule has 0 unspecified atom stereocenters. The molecule has 10 heteroatoms. The van der Waals surface area contributed by atoms with Gasteiger partial charge in [0.05, 0.1) is 6.54 Å². The molecule has 8 nitrogen and oxygen atoms in total. The Hall–Kier alpha value is -4.21. The van der Waals surface area contributed by atoms with Crippen LogP contribution in [0.25, 0.3) is 0 Å². The predicted octanol–water partition coefficient (Wildman–Crippen LogP) is 3.81. The summed E-state index contributed by atoms with van der Waals surface area (Å²) in [5.74, 6) is -1.55. The zero-order chi connectivity index (χ0) is 25.8. The molecule has 2 aliphatic heterocycles. The Morgan fingerprint density at radius 1 is 1.06 bits per heavy atom. The van der Waals surface area contributed by atoms with Gasteiger partial charge in [0, 0.05) is 29.1 Å². The normalized spacial score (nSPS) is 18.6. The molecule has 0 aliphatic carbocycles. The van der Waals surface area contributed by atoms with Gasteiger partial charge in [0.25, 0.3) is 5.91 Å². The molecule has 0 bridgehead atoms. The van der Waals surface area contributed by atoms with Crippen LogP contribution < -0.4 is 14.8 Å². The highest BCUT2D eigenvalue weighted by atomic mass is 19.1. The molecular formula is C26H23F2N3O5. The molecule has 0 saturated carbocycles. The van der Waals surface area contributed by atoms with E-state index in [1.807, 2.05) is 29.7 Å². The smallest absolute Gasteiger partial charge is 0.325 e. The monoisotopic (exact) mass is 495 g/mol. The minimum absolute atomic E-state index is 0.173. The Bertz CT molecular complexity index is 1430. The van der Waals surface area contributed by atoms with Crippen LogP contribution in [0, 0.1) is 25.5 Å². The lowest BCUT2D eigenvalue weighted by Crippen LogP contribution is -2.42. The van der Waals surface area contributed by atoms with Crippen LogP contribution >= 0.6 is 0 Å². The Morgan fingerprint density at radius 2 is 1.81 bits per heavy atom. The van der Waals surface area contributed by atoms with Gasteiger partial charge in [0.1, 0.15) is 17.2 Å². The third-order valence-corrected chi connectivity index (χ3v) is 6.70. The Balaban J connectivity index is 1.37. The average molecular weight is 495 g/mol. The standard InChI is InChI=1S/C26H23F2N3O5/c1-14-8-18(15(2)30(14)11-16-4-7-22-23(9-16)36-13-35-22)21(32)12-31-24(33)26(3,29-25(31)34)19-10-17(27)5-6-20(19)28/h4-10H,11-13H2,1-3H3,(H,29,34)/t26-/m1/s1. The van der Waals surface area contributed by atoms with Crippen LogP contribution in [0.3, 0.4) is 0 Å². The van der Waals surface area contributed by atoms with Crippen molar-refractivity contribution in [3.63, 3.8) is 0 Å². The number of aromatic nitrogens is 1. The first-order valence-corrected chi connectivity index (χ1v) is 11.3. The number of carbonyl (C=O) groups is 3. The molecule has 3 amide bonds. The summed E-state index contributed by atoms with van der Waals surface area (Å²) in [7, 11) is 0. The number of nitrogens with one attached hydrogen (secondary N) is 1. The third-order valence-electron chi connectivity index (χ3n) is 6.70. The van der Waals surface area contributed by atoms with Gasteiger partial charge in [-0.15, -0.1) is 0 Å². The summed E-state index contributed by atoms with van der Waals surface area (Å²) in [6.45, 7) is 5.03. The summed E-state index contributed by atoms with van der Waals surface area (Å²) in [6.07, 6.45) is 0.